The van der Waals surface area contributed by atoms with E-state index < -0.39 is 16.0 Å². The van der Waals surface area contributed by atoms with E-state index in [4.69, 9.17) is 4.52 Å². The molecule has 0 aliphatic rings. The summed E-state index contributed by atoms with van der Waals surface area (Å²) in [5.74, 6) is 0.700. The van der Waals surface area contributed by atoms with Crippen LogP contribution in [0.5, 0.6) is 0 Å². The first-order chi connectivity index (χ1) is 8.19. The van der Waals surface area contributed by atoms with Gasteiger partial charge >= 0.3 is 0 Å². The van der Waals surface area contributed by atoms with Crippen LogP contribution >= 0.6 is 0 Å². The maximum Gasteiger partial charge on any atom is 0.235 e. The molecule has 1 aromatic heterocycles. The van der Waals surface area contributed by atoms with Crippen molar-refractivity contribution in [3.05, 3.63) is 17.5 Å². The Labute approximate surface area is 110 Å². The quantitative estimate of drug-likeness (QED) is 0.902. The molecule has 18 heavy (non-hydrogen) atoms. The van der Waals surface area contributed by atoms with E-state index in [0.717, 1.165) is 0 Å². The summed E-state index contributed by atoms with van der Waals surface area (Å²) in [6.45, 7) is 9.10. The molecular weight excluding hydrogens is 252 g/mol. The lowest BCUT2D eigenvalue weighted by molar-refractivity contribution is -0.121. The molecule has 0 radical (unpaired) electrons. The second-order valence-corrected chi connectivity index (χ2v) is 7.09. The fourth-order valence-corrected chi connectivity index (χ4v) is 2.32. The number of nitrogens with zero attached hydrogens (tertiary/aromatic N) is 1. The number of hydrogen-bond donors (Lipinski definition) is 1. The van der Waals surface area contributed by atoms with Gasteiger partial charge in [-0.3, -0.25) is 9.00 Å². The van der Waals surface area contributed by atoms with Gasteiger partial charge in [0.2, 0.25) is 5.91 Å². The van der Waals surface area contributed by atoms with E-state index in [2.05, 4.69) is 10.5 Å². The van der Waals surface area contributed by atoms with Crippen LogP contribution in [-0.2, 0) is 21.3 Å². The summed E-state index contributed by atoms with van der Waals surface area (Å²) in [4.78, 5) is 11.8. The highest BCUT2D eigenvalue weighted by molar-refractivity contribution is 7.85. The average molecular weight is 272 g/mol. The Morgan fingerprint density at radius 3 is 2.61 bits per heavy atom. The van der Waals surface area contributed by atoms with E-state index in [1.165, 1.54) is 0 Å². The fourth-order valence-electron chi connectivity index (χ4n) is 1.35. The Bertz CT molecular complexity index is 448. The minimum atomic E-state index is -1.30. The molecule has 102 valence electrons. The molecule has 0 aliphatic heterocycles. The molecule has 5 nitrogen and oxygen atoms in total. The summed E-state index contributed by atoms with van der Waals surface area (Å²) in [7, 11) is -1.30. The monoisotopic (exact) mass is 272 g/mol. The molecule has 0 spiro atoms. The fraction of sp³-hybridized carbons (Fsp3) is 0.667. The molecule has 0 saturated carbocycles. The molecule has 1 aromatic rings. The molecule has 1 heterocycles. The van der Waals surface area contributed by atoms with E-state index in [-0.39, 0.29) is 17.2 Å². The molecular formula is C12H20N2O3S. The first-order valence-corrected chi connectivity index (χ1v) is 7.18. The van der Waals surface area contributed by atoms with Crippen LogP contribution in [0.25, 0.3) is 0 Å². The van der Waals surface area contributed by atoms with Gasteiger partial charge in [0.25, 0.3) is 0 Å². The van der Waals surface area contributed by atoms with Crippen molar-refractivity contribution >= 4 is 16.7 Å². The minimum absolute atomic E-state index is 0.207. The molecule has 0 unspecified atom stereocenters. The van der Waals surface area contributed by atoms with Crippen molar-refractivity contribution in [3.63, 3.8) is 0 Å². The Hall–Kier alpha value is -1.17. The van der Waals surface area contributed by atoms with Crippen LogP contribution in [0.2, 0.25) is 0 Å². The zero-order chi connectivity index (χ0) is 13.9. The highest BCUT2D eigenvalue weighted by Crippen LogP contribution is 2.09. The number of rotatable bonds is 4. The van der Waals surface area contributed by atoms with Gasteiger partial charge in [-0.25, -0.2) is 0 Å². The molecule has 0 fully saturated rings. The summed E-state index contributed by atoms with van der Waals surface area (Å²) in [6, 6.07) is 1.73. The van der Waals surface area contributed by atoms with Gasteiger partial charge < -0.3 is 9.84 Å². The molecule has 0 aromatic carbocycles. The van der Waals surface area contributed by atoms with E-state index >= 15 is 0 Å². The maximum absolute atomic E-state index is 12.0. The van der Waals surface area contributed by atoms with Crippen molar-refractivity contribution in [1.29, 1.82) is 0 Å². The summed E-state index contributed by atoms with van der Waals surface area (Å²) < 4.78 is 16.9. The summed E-state index contributed by atoms with van der Waals surface area (Å²) in [5.41, 5.74) is 0.293. The lowest BCUT2D eigenvalue weighted by Crippen LogP contribution is -2.46. The number of carbonyl (C=O) groups is 1. The number of carbonyl (C=O) groups excluding carboxylic acids is 1. The van der Waals surface area contributed by atoms with Gasteiger partial charge in [0, 0.05) is 22.4 Å². The number of hydrogen-bond acceptors (Lipinski definition) is 4. The second kappa shape index (κ2) is 5.65. The third kappa shape index (κ3) is 4.60. The van der Waals surface area contributed by atoms with Crippen molar-refractivity contribution in [3.8, 4) is 0 Å². The standard InChI is InChI=1S/C12H20N2O3S/c1-8-6-10(14-17-8)7-18(16)9(2)11(15)13-12(3,4)5/h6,9H,7H2,1-5H3,(H,13,15)/t9-,18+/m0/s1. The van der Waals surface area contributed by atoms with E-state index in [1.807, 2.05) is 20.8 Å². The zero-order valence-electron chi connectivity index (χ0n) is 11.4. The average Bonchev–Trinajstić information content (AvgIpc) is 2.60. The van der Waals surface area contributed by atoms with Gasteiger partial charge in [-0.1, -0.05) is 5.16 Å². The Morgan fingerprint density at radius 2 is 2.17 bits per heavy atom. The summed E-state index contributed by atoms with van der Waals surface area (Å²) in [6.07, 6.45) is 0. The first-order valence-electron chi connectivity index (χ1n) is 5.80. The third-order valence-corrected chi connectivity index (χ3v) is 3.81. The lowest BCUT2D eigenvalue weighted by Gasteiger charge is -2.22. The van der Waals surface area contributed by atoms with Gasteiger partial charge in [-0.05, 0) is 34.6 Å². The Morgan fingerprint density at radius 1 is 1.56 bits per heavy atom. The van der Waals surface area contributed by atoms with Crippen LogP contribution in [0.1, 0.15) is 39.1 Å². The van der Waals surface area contributed by atoms with E-state index in [9.17, 15) is 9.00 Å². The number of nitrogens with one attached hydrogen (secondary N) is 1. The molecule has 0 aliphatic carbocycles. The predicted octanol–water partition coefficient (Wildman–Crippen LogP) is 1.53. The molecule has 0 saturated heterocycles. The lowest BCUT2D eigenvalue weighted by atomic mass is 10.1. The number of aromatic nitrogens is 1. The Balaban J connectivity index is 2.59. The number of aryl methyl sites for hydroxylation is 1. The normalized spacial score (nSPS) is 15.2. The zero-order valence-corrected chi connectivity index (χ0v) is 12.3. The van der Waals surface area contributed by atoms with Gasteiger partial charge in [0.15, 0.2) is 0 Å². The van der Waals surface area contributed by atoms with Crippen molar-refractivity contribution in [2.45, 2.75) is 51.2 Å². The van der Waals surface area contributed by atoms with Crippen LogP contribution in [0.15, 0.2) is 10.6 Å². The summed E-state index contributed by atoms with van der Waals surface area (Å²) >= 11 is 0. The van der Waals surface area contributed by atoms with Crippen LogP contribution in [0.3, 0.4) is 0 Å². The maximum atomic E-state index is 12.0. The van der Waals surface area contributed by atoms with Gasteiger partial charge in [0.05, 0.1) is 11.4 Å². The number of amides is 1. The summed E-state index contributed by atoms with van der Waals surface area (Å²) in [5, 5.41) is 6.02. The first kappa shape index (κ1) is 14.9. The third-order valence-electron chi connectivity index (χ3n) is 2.23. The second-order valence-electron chi connectivity index (χ2n) is 5.34. The van der Waals surface area contributed by atoms with E-state index in [0.29, 0.717) is 11.5 Å². The molecule has 2 atom stereocenters. The smallest absolute Gasteiger partial charge is 0.235 e. The van der Waals surface area contributed by atoms with Crippen LogP contribution in [0, 0.1) is 6.92 Å². The highest BCUT2D eigenvalue weighted by atomic mass is 32.2. The van der Waals surface area contributed by atoms with Gasteiger partial charge in [0.1, 0.15) is 11.0 Å². The largest absolute Gasteiger partial charge is 0.361 e. The van der Waals surface area contributed by atoms with Gasteiger partial charge in [-0.2, -0.15) is 0 Å². The Kier molecular flexibility index (Phi) is 4.67. The van der Waals surface area contributed by atoms with Crippen LogP contribution in [0.4, 0.5) is 0 Å². The van der Waals surface area contributed by atoms with Crippen molar-refractivity contribution < 1.29 is 13.5 Å². The van der Waals surface area contributed by atoms with Crippen LogP contribution in [-0.4, -0.2) is 26.1 Å². The highest BCUT2D eigenvalue weighted by Gasteiger charge is 2.24. The SMILES string of the molecule is Cc1cc(C[S@@](=O)[C@@H](C)C(=O)NC(C)(C)C)no1. The molecule has 0 bridgehead atoms. The van der Waals surface area contributed by atoms with Crippen molar-refractivity contribution in [1.82, 2.24) is 10.5 Å². The van der Waals surface area contributed by atoms with E-state index in [1.54, 1.807) is 19.9 Å². The van der Waals surface area contributed by atoms with Crippen LogP contribution < -0.4 is 5.32 Å². The molecule has 1 N–H and O–H groups in total. The predicted molar refractivity (Wildman–Crippen MR) is 70.4 cm³/mol. The minimum Gasteiger partial charge on any atom is -0.361 e. The van der Waals surface area contributed by atoms with Gasteiger partial charge in [-0.15, -0.1) is 0 Å². The van der Waals surface area contributed by atoms with Crippen molar-refractivity contribution in [2.24, 2.45) is 0 Å². The molecule has 1 rings (SSSR count). The molecule has 1 amide bonds. The van der Waals surface area contributed by atoms with Crippen molar-refractivity contribution in [2.75, 3.05) is 0 Å². The molecule has 6 heteroatoms. The topological polar surface area (TPSA) is 72.2 Å².